The fraction of sp³-hybridized carbons (Fsp3) is 0.700. The quantitative estimate of drug-likeness (QED) is 0.510. The first-order valence-corrected chi connectivity index (χ1v) is 6.05. The molecule has 4 heteroatoms. The Labute approximate surface area is 88.3 Å². The summed E-state index contributed by atoms with van der Waals surface area (Å²) in [4.78, 5) is 14.4. The van der Waals surface area contributed by atoms with E-state index >= 15 is 0 Å². The van der Waals surface area contributed by atoms with Crippen molar-refractivity contribution in [2.75, 3.05) is 13.1 Å². The Bertz CT molecular complexity index is 296. The molecule has 0 bridgehead atoms. The molecule has 3 nitrogen and oxygen atoms in total. The predicted octanol–water partition coefficient (Wildman–Crippen LogP) is 1.58. The fourth-order valence-electron chi connectivity index (χ4n) is 2.29. The number of rotatable bonds is 2. The minimum Gasteiger partial charge on any atom is -0.314 e. The maximum atomic E-state index is 11.2. The van der Waals surface area contributed by atoms with Gasteiger partial charge in [0.25, 0.3) is 0 Å². The van der Waals surface area contributed by atoms with Crippen molar-refractivity contribution in [2.24, 2.45) is 0 Å². The Morgan fingerprint density at radius 3 is 2.71 bits per heavy atom. The molecule has 3 rings (SSSR count). The van der Waals surface area contributed by atoms with Crippen molar-refractivity contribution < 1.29 is 4.79 Å². The molecular weight excluding hydrogens is 196 g/mol. The number of amides is 1. The molecule has 1 atom stereocenters. The highest BCUT2D eigenvalue weighted by Crippen LogP contribution is 2.39. The van der Waals surface area contributed by atoms with Crippen LogP contribution < -0.4 is 0 Å². The Kier molecular flexibility index (Phi) is 2.06. The van der Waals surface area contributed by atoms with E-state index in [-0.39, 0.29) is 0 Å². The molecule has 3 aliphatic rings. The van der Waals surface area contributed by atoms with Crippen molar-refractivity contribution in [3.05, 3.63) is 11.1 Å². The van der Waals surface area contributed by atoms with E-state index < -0.39 is 0 Å². The molecule has 1 unspecified atom stereocenters. The van der Waals surface area contributed by atoms with Gasteiger partial charge in [0, 0.05) is 43.1 Å². The Morgan fingerprint density at radius 2 is 2.07 bits per heavy atom. The normalized spacial score (nSPS) is 31.7. The fourth-order valence-corrected chi connectivity index (χ4v) is 3.49. The van der Waals surface area contributed by atoms with Crippen LogP contribution in [0.15, 0.2) is 11.1 Å². The van der Waals surface area contributed by atoms with Crippen LogP contribution in [0.25, 0.3) is 0 Å². The second-order valence-electron chi connectivity index (χ2n) is 4.19. The number of hydrogen-bond acceptors (Lipinski definition) is 3. The number of β-lactam (4-membered cyclic amide) rings is 1. The average molecular weight is 210 g/mol. The lowest BCUT2D eigenvalue weighted by molar-refractivity contribution is -0.140. The van der Waals surface area contributed by atoms with Gasteiger partial charge in [0.15, 0.2) is 0 Å². The molecule has 0 saturated carbocycles. The van der Waals surface area contributed by atoms with Crippen LogP contribution in [0.1, 0.15) is 25.7 Å². The third-order valence-electron chi connectivity index (χ3n) is 3.12. The van der Waals surface area contributed by atoms with Gasteiger partial charge in [-0.05, 0) is 24.8 Å². The maximum Gasteiger partial charge on any atom is 0.228 e. The second-order valence-corrected chi connectivity index (χ2v) is 5.41. The van der Waals surface area contributed by atoms with Gasteiger partial charge >= 0.3 is 0 Å². The summed E-state index contributed by atoms with van der Waals surface area (Å²) in [5.41, 5.74) is 0. The van der Waals surface area contributed by atoms with Gasteiger partial charge in [-0.3, -0.25) is 4.79 Å². The standard InChI is InChI=1S/C10H14N2OS/c13-10-6-8-5-9(7-12(8)10)14-11-3-1-2-4-11/h7-8H,1-6H2. The van der Waals surface area contributed by atoms with E-state index in [1.165, 1.54) is 30.8 Å². The van der Waals surface area contributed by atoms with E-state index in [1.54, 1.807) is 0 Å². The SMILES string of the molecule is O=C1CC2CC(SN3CCCC3)=CN12. The highest BCUT2D eigenvalue weighted by Gasteiger charge is 2.40. The highest BCUT2D eigenvalue weighted by atomic mass is 32.2. The smallest absolute Gasteiger partial charge is 0.228 e. The molecule has 0 aromatic heterocycles. The predicted molar refractivity (Wildman–Crippen MR) is 56.3 cm³/mol. The monoisotopic (exact) mass is 210 g/mol. The Balaban J connectivity index is 1.61. The van der Waals surface area contributed by atoms with Gasteiger partial charge in [0.1, 0.15) is 0 Å². The van der Waals surface area contributed by atoms with Crippen LogP contribution in [0, 0.1) is 0 Å². The van der Waals surface area contributed by atoms with Crippen molar-refractivity contribution in [3.8, 4) is 0 Å². The molecule has 0 aliphatic carbocycles. The first-order valence-electron chi connectivity index (χ1n) is 5.28. The van der Waals surface area contributed by atoms with Gasteiger partial charge in [0.05, 0.1) is 0 Å². The van der Waals surface area contributed by atoms with E-state index in [9.17, 15) is 4.79 Å². The number of hydrogen-bond donors (Lipinski definition) is 0. The molecule has 3 aliphatic heterocycles. The maximum absolute atomic E-state index is 11.2. The third-order valence-corrected chi connectivity index (χ3v) is 4.25. The average Bonchev–Trinajstić information content (AvgIpc) is 2.74. The van der Waals surface area contributed by atoms with Gasteiger partial charge < -0.3 is 4.90 Å². The van der Waals surface area contributed by atoms with E-state index in [2.05, 4.69) is 10.5 Å². The number of carbonyl (C=O) groups excluding carboxylic acids is 1. The molecule has 0 aromatic rings. The van der Waals surface area contributed by atoms with Gasteiger partial charge in [-0.1, -0.05) is 0 Å². The molecule has 0 radical (unpaired) electrons. The molecule has 2 saturated heterocycles. The lowest BCUT2D eigenvalue weighted by atomic mass is 10.0. The van der Waals surface area contributed by atoms with Gasteiger partial charge in [0.2, 0.25) is 5.91 Å². The molecule has 3 heterocycles. The van der Waals surface area contributed by atoms with E-state index in [4.69, 9.17) is 0 Å². The summed E-state index contributed by atoms with van der Waals surface area (Å²) in [5, 5.41) is 0. The van der Waals surface area contributed by atoms with Crippen molar-refractivity contribution in [2.45, 2.75) is 31.7 Å². The van der Waals surface area contributed by atoms with Crippen LogP contribution in [0.2, 0.25) is 0 Å². The summed E-state index contributed by atoms with van der Waals surface area (Å²) < 4.78 is 2.42. The molecule has 0 spiro atoms. The molecule has 2 fully saturated rings. The zero-order valence-corrected chi connectivity index (χ0v) is 8.92. The first kappa shape index (κ1) is 8.80. The third kappa shape index (κ3) is 1.37. The zero-order chi connectivity index (χ0) is 9.54. The molecule has 76 valence electrons. The molecule has 1 amide bonds. The molecule has 0 aromatic carbocycles. The topological polar surface area (TPSA) is 23.6 Å². The zero-order valence-electron chi connectivity index (χ0n) is 8.11. The Morgan fingerprint density at radius 1 is 1.29 bits per heavy atom. The van der Waals surface area contributed by atoms with Crippen LogP contribution in [0.4, 0.5) is 0 Å². The van der Waals surface area contributed by atoms with Gasteiger partial charge in [-0.2, -0.15) is 0 Å². The number of nitrogens with zero attached hydrogens (tertiary/aromatic N) is 2. The lowest BCUT2D eigenvalue weighted by Crippen LogP contribution is -2.45. The molecule has 0 N–H and O–H groups in total. The Hall–Kier alpha value is -0.480. The number of carbonyl (C=O) groups is 1. The minimum atomic E-state index is 0.298. The van der Waals surface area contributed by atoms with Crippen LogP contribution in [0.3, 0.4) is 0 Å². The van der Waals surface area contributed by atoms with E-state index in [1.807, 2.05) is 16.8 Å². The minimum absolute atomic E-state index is 0.298. The van der Waals surface area contributed by atoms with Crippen LogP contribution in [-0.2, 0) is 4.79 Å². The summed E-state index contributed by atoms with van der Waals surface area (Å²) in [6, 6.07) is 0.507. The van der Waals surface area contributed by atoms with Crippen LogP contribution >= 0.6 is 11.9 Å². The lowest BCUT2D eigenvalue weighted by Gasteiger charge is -2.32. The molecule has 14 heavy (non-hydrogen) atoms. The summed E-state index contributed by atoms with van der Waals surface area (Å²) in [7, 11) is 0. The highest BCUT2D eigenvalue weighted by molar-refractivity contribution is 8.00. The van der Waals surface area contributed by atoms with Crippen LogP contribution in [-0.4, -0.2) is 34.2 Å². The second kappa shape index (κ2) is 3.28. The van der Waals surface area contributed by atoms with E-state index in [0.717, 1.165) is 12.8 Å². The summed E-state index contributed by atoms with van der Waals surface area (Å²) in [6.45, 7) is 2.42. The molecular formula is C10H14N2OS. The van der Waals surface area contributed by atoms with Crippen molar-refractivity contribution in [1.29, 1.82) is 0 Å². The van der Waals surface area contributed by atoms with Crippen molar-refractivity contribution in [3.63, 3.8) is 0 Å². The van der Waals surface area contributed by atoms with Crippen LogP contribution in [0.5, 0.6) is 0 Å². The summed E-state index contributed by atoms with van der Waals surface area (Å²) in [6.07, 6.45) is 6.56. The van der Waals surface area contributed by atoms with Crippen molar-refractivity contribution in [1.82, 2.24) is 9.21 Å². The van der Waals surface area contributed by atoms with Crippen molar-refractivity contribution >= 4 is 17.9 Å². The van der Waals surface area contributed by atoms with Gasteiger partial charge in [-0.15, -0.1) is 0 Å². The van der Waals surface area contributed by atoms with E-state index in [0.29, 0.717) is 11.9 Å². The van der Waals surface area contributed by atoms with Gasteiger partial charge in [-0.25, -0.2) is 4.31 Å². The number of fused-ring (bicyclic) bond motifs is 1. The largest absolute Gasteiger partial charge is 0.314 e. The first-order chi connectivity index (χ1) is 6.83. The summed E-state index contributed by atoms with van der Waals surface area (Å²) in [5.74, 6) is 0.298. The summed E-state index contributed by atoms with van der Waals surface area (Å²) >= 11 is 1.86.